The van der Waals surface area contributed by atoms with Crippen LogP contribution < -0.4 is 0 Å². The van der Waals surface area contributed by atoms with Crippen molar-refractivity contribution >= 4 is 0 Å². The zero-order valence-electron chi connectivity index (χ0n) is 13.3. The van der Waals surface area contributed by atoms with E-state index in [0.29, 0.717) is 5.41 Å². The molecule has 0 atom stereocenters. The summed E-state index contributed by atoms with van der Waals surface area (Å²) in [4.78, 5) is 2.70. The van der Waals surface area contributed by atoms with Gasteiger partial charge in [0.15, 0.2) is 0 Å². The zero-order valence-corrected chi connectivity index (χ0v) is 13.3. The Morgan fingerprint density at radius 1 is 1.00 bits per heavy atom. The molecule has 1 aliphatic heterocycles. The van der Waals surface area contributed by atoms with Crippen molar-refractivity contribution in [2.75, 3.05) is 19.6 Å². The Kier molecular flexibility index (Phi) is 7.29. The van der Waals surface area contributed by atoms with Crippen LogP contribution in [0.5, 0.6) is 0 Å². The first kappa shape index (κ1) is 16.0. The van der Waals surface area contributed by atoms with Crippen molar-refractivity contribution < 1.29 is 0 Å². The summed E-state index contributed by atoms with van der Waals surface area (Å²) in [5, 5.41) is 0. The molecule has 0 unspecified atom stereocenters. The molecule has 0 N–H and O–H groups in total. The van der Waals surface area contributed by atoms with E-state index in [2.05, 4.69) is 32.6 Å². The largest absolute Gasteiger partial charge is 0.303 e. The second-order valence-corrected chi connectivity index (χ2v) is 7.45. The van der Waals surface area contributed by atoms with E-state index in [1.165, 1.54) is 71.0 Å². The number of hydrogen-bond acceptors (Lipinski definition) is 1. The van der Waals surface area contributed by atoms with Gasteiger partial charge in [0.25, 0.3) is 0 Å². The topological polar surface area (TPSA) is 3.24 Å². The number of likely N-dealkylation sites (tertiary alicyclic amines) is 1. The fourth-order valence-electron chi connectivity index (χ4n) is 3.07. The zero-order chi connectivity index (χ0) is 13.4. The molecule has 0 spiro atoms. The Hall–Kier alpha value is -0.0400. The van der Waals surface area contributed by atoms with Crippen LogP contribution in [0.2, 0.25) is 0 Å². The molecule has 0 aromatic carbocycles. The Morgan fingerprint density at radius 3 is 2.22 bits per heavy atom. The van der Waals surface area contributed by atoms with E-state index in [1.54, 1.807) is 0 Å². The van der Waals surface area contributed by atoms with Crippen LogP contribution in [-0.4, -0.2) is 24.5 Å². The lowest BCUT2D eigenvalue weighted by Crippen LogP contribution is -2.34. The monoisotopic (exact) mass is 253 g/mol. The maximum Gasteiger partial charge on any atom is -0.00161 e. The summed E-state index contributed by atoms with van der Waals surface area (Å²) < 4.78 is 0. The van der Waals surface area contributed by atoms with Crippen molar-refractivity contribution in [3.63, 3.8) is 0 Å². The third-order valence-electron chi connectivity index (χ3n) is 4.31. The molecule has 0 aromatic rings. The van der Waals surface area contributed by atoms with Crippen molar-refractivity contribution in [2.45, 2.75) is 79.1 Å². The second-order valence-electron chi connectivity index (χ2n) is 7.45. The highest BCUT2D eigenvalue weighted by Crippen LogP contribution is 2.23. The summed E-state index contributed by atoms with van der Waals surface area (Å²) in [6.45, 7) is 13.5. The van der Waals surface area contributed by atoms with Crippen LogP contribution in [0.4, 0.5) is 0 Å². The van der Waals surface area contributed by atoms with Crippen LogP contribution in [0.25, 0.3) is 0 Å². The summed E-state index contributed by atoms with van der Waals surface area (Å²) in [7, 11) is 0. The summed E-state index contributed by atoms with van der Waals surface area (Å²) in [6, 6.07) is 0. The Bertz CT molecular complexity index is 196. The van der Waals surface area contributed by atoms with E-state index < -0.39 is 0 Å². The van der Waals surface area contributed by atoms with Gasteiger partial charge in [-0.25, -0.2) is 0 Å². The van der Waals surface area contributed by atoms with Gasteiger partial charge in [0.2, 0.25) is 0 Å². The quantitative estimate of drug-likeness (QED) is 0.570. The summed E-state index contributed by atoms with van der Waals surface area (Å²) in [5.41, 5.74) is 0.526. The van der Waals surface area contributed by atoms with Gasteiger partial charge in [0.1, 0.15) is 0 Å². The minimum Gasteiger partial charge on any atom is -0.303 e. The average Bonchev–Trinajstić information content (AvgIpc) is 2.30. The van der Waals surface area contributed by atoms with Crippen molar-refractivity contribution in [1.29, 1.82) is 0 Å². The third-order valence-corrected chi connectivity index (χ3v) is 4.31. The SMILES string of the molecule is CCCC1CCN(CCCCCC(C)(C)C)CC1. The predicted octanol–water partition coefficient (Wildman–Crippen LogP) is 5.11. The van der Waals surface area contributed by atoms with Gasteiger partial charge < -0.3 is 4.90 Å². The van der Waals surface area contributed by atoms with Crippen LogP contribution in [0.15, 0.2) is 0 Å². The van der Waals surface area contributed by atoms with Gasteiger partial charge in [0, 0.05) is 0 Å². The van der Waals surface area contributed by atoms with Gasteiger partial charge in [-0.2, -0.15) is 0 Å². The maximum absolute atomic E-state index is 2.70. The molecule has 1 nitrogen and oxygen atoms in total. The maximum atomic E-state index is 2.70. The Balaban J connectivity index is 1.98. The van der Waals surface area contributed by atoms with Gasteiger partial charge in [-0.15, -0.1) is 0 Å². The number of rotatable bonds is 7. The van der Waals surface area contributed by atoms with E-state index >= 15 is 0 Å². The highest BCUT2D eigenvalue weighted by molar-refractivity contribution is 4.72. The molecular weight excluding hydrogens is 218 g/mol. The van der Waals surface area contributed by atoms with Crippen molar-refractivity contribution in [2.24, 2.45) is 11.3 Å². The number of piperidine rings is 1. The average molecular weight is 253 g/mol. The standard InChI is InChI=1S/C17H35N/c1-5-9-16-10-14-18(15-11-16)13-8-6-7-12-17(2,3)4/h16H,5-15H2,1-4H3. The van der Waals surface area contributed by atoms with Gasteiger partial charge in [-0.3, -0.25) is 0 Å². The Morgan fingerprint density at radius 2 is 1.67 bits per heavy atom. The van der Waals surface area contributed by atoms with Gasteiger partial charge in [-0.05, 0) is 56.7 Å². The van der Waals surface area contributed by atoms with E-state index in [1.807, 2.05) is 0 Å². The molecule has 1 aliphatic rings. The highest BCUT2D eigenvalue weighted by Gasteiger charge is 2.17. The molecule has 0 amide bonds. The number of hydrogen-bond donors (Lipinski definition) is 0. The molecule has 108 valence electrons. The Labute approximate surface area is 115 Å². The lowest BCUT2D eigenvalue weighted by Gasteiger charge is -2.31. The summed E-state index contributed by atoms with van der Waals surface area (Å²) in [5.74, 6) is 1.03. The first-order chi connectivity index (χ1) is 8.51. The molecule has 0 bridgehead atoms. The highest BCUT2D eigenvalue weighted by atomic mass is 15.1. The molecule has 1 rings (SSSR count). The van der Waals surface area contributed by atoms with Gasteiger partial charge in [0.05, 0.1) is 0 Å². The van der Waals surface area contributed by atoms with Crippen LogP contribution in [0, 0.1) is 11.3 Å². The van der Waals surface area contributed by atoms with E-state index in [4.69, 9.17) is 0 Å². The predicted molar refractivity (Wildman–Crippen MR) is 82.0 cm³/mol. The second kappa shape index (κ2) is 8.19. The van der Waals surface area contributed by atoms with Crippen LogP contribution in [-0.2, 0) is 0 Å². The minimum atomic E-state index is 0.526. The van der Waals surface area contributed by atoms with Crippen molar-refractivity contribution in [1.82, 2.24) is 4.90 Å². The van der Waals surface area contributed by atoms with Crippen molar-refractivity contribution in [3.05, 3.63) is 0 Å². The van der Waals surface area contributed by atoms with Gasteiger partial charge in [-0.1, -0.05) is 53.4 Å². The third kappa shape index (κ3) is 7.41. The summed E-state index contributed by atoms with van der Waals surface area (Å²) in [6.07, 6.45) is 11.4. The molecule has 0 radical (unpaired) electrons. The first-order valence-corrected chi connectivity index (χ1v) is 8.23. The molecule has 0 saturated carbocycles. The molecular formula is C17H35N. The molecule has 1 heterocycles. The molecule has 18 heavy (non-hydrogen) atoms. The van der Waals surface area contributed by atoms with Crippen LogP contribution >= 0.6 is 0 Å². The molecule has 0 aliphatic carbocycles. The lowest BCUT2D eigenvalue weighted by molar-refractivity contribution is 0.175. The first-order valence-electron chi connectivity index (χ1n) is 8.23. The van der Waals surface area contributed by atoms with E-state index in [9.17, 15) is 0 Å². The molecule has 1 heteroatoms. The van der Waals surface area contributed by atoms with E-state index in [0.717, 1.165) is 5.92 Å². The molecule has 1 saturated heterocycles. The summed E-state index contributed by atoms with van der Waals surface area (Å²) >= 11 is 0. The molecule has 0 aromatic heterocycles. The van der Waals surface area contributed by atoms with Crippen LogP contribution in [0.3, 0.4) is 0 Å². The lowest BCUT2D eigenvalue weighted by atomic mass is 9.89. The fraction of sp³-hybridized carbons (Fsp3) is 1.00. The normalized spacial score (nSPS) is 19.3. The number of nitrogens with zero attached hydrogens (tertiary/aromatic N) is 1. The van der Waals surface area contributed by atoms with E-state index in [-0.39, 0.29) is 0 Å². The van der Waals surface area contributed by atoms with Crippen LogP contribution in [0.1, 0.15) is 79.1 Å². The minimum absolute atomic E-state index is 0.526. The number of unbranched alkanes of at least 4 members (excludes halogenated alkanes) is 2. The van der Waals surface area contributed by atoms with Gasteiger partial charge >= 0.3 is 0 Å². The van der Waals surface area contributed by atoms with Crippen molar-refractivity contribution in [3.8, 4) is 0 Å². The fourth-order valence-corrected chi connectivity index (χ4v) is 3.07. The molecule has 1 fully saturated rings. The smallest absolute Gasteiger partial charge is 0.00161 e.